The second-order valence-electron chi connectivity index (χ2n) is 7.42. The summed E-state index contributed by atoms with van der Waals surface area (Å²) in [4.78, 5) is 31.7. The molecule has 0 bridgehead atoms. The smallest absolute Gasteiger partial charge is 0.311 e. The van der Waals surface area contributed by atoms with Gasteiger partial charge in [-0.3, -0.25) is 4.79 Å². The molecule has 0 fully saturated rings. The number of likely N-dealkylation sites (N-methyl/N-ethyl adjacent to an activating group) is 1. The van der Waals surface area contributed by atoms with Gasteiger partial charge in [0.25, 0.3) is 5.91 Å². The third-order valence-corrected chi connectivity index (χ3v) is 5.36. The number of rotatable bonds is 4. The first-order chi connectivity index (χ1) is 15.5. The summed E-state index contributed by atoms with van der Waals surface area (Å²) in [6.07, 6.45) is -0.333. The Hall–Kier alpha value is -4.00. The summed E-state index contributed by atoms with van der Waals surface area (Å²) in [5, 5.41) is 5.34. The van der Waals surface area contributed by atoms with Gasteiger partial charge >= 0.3 is 6.03 Å². The zero-order valence-electron chi connectivity index (χ0n) is 17.8. The number of aliphatic imine (C=N–C) groups is 1. The van der Waals surface area contributed by atoms with Crippen molar-refractivity contribution < 1.29 is 14.0 Å². The Morgan fingerprint density at radius 1 is 1.00 bits per heavy atom. The highest BCUT2D eigenvalue weighted by atomic mass is 19.1. The van der Waals surface area contributed by atoms with Crippen molar-refractivity contribution in [3.8, 4) is 0 Å². The molecule has 3 aromatic carbocycles. The molecule has 6 nitrogen and oxygen atoms in total. The van der Waals surface area contributed by atoms with E-state index >= 15 is 0 Å². The van der Waals surface area contributed by atoms with Gasteiger partial charge in [-0.1, -0.05) is 49.4 Å². The fourth-order valence-electron chi connectivity index (χ4n) is 3.60. The largest absolute Gasteiger partial charge is 0.321 e. The Labute approximate surface area is 185 Å². The number of benzodiazepines with no additional fused rings is 1. The summed E-state index contributed by atoms with van der Waals surface area (Å²) < 4.78 is 14.7. The highest BCUT2D eigenvalue weighted by Gasteiger charge is 2.31. The fraction of sp³-hybridized carbons (Fsp3) is 0.160. The molecular formula is C25H23FN4O2. The molecule has 0 aromatic heterocycles. The van der Waals surface area contributed by atoms with E-state index in [4.69, 9.17) is 0 Å². The van der Waals surface area contributed by atoms with Crippen molar-refractivity contribution in [2.24, 2.45) is 4.99 Å². The second kappa shape index (κ2) is 9.01. The van der Waals surface area contributed by atoms with Crippen LogP contribution < -0.4 is 15.5 Å². The summed E-state index contributed by atoms with van der Waals surface area (Å²) in [5.74, 6) is -0.891. The fourth-order valence-corrected chi connectivity index (χ4v) is 3.60. The number of halogens is 1. The van der Waals surface area contributed by atoms with Crippen molar-refractivity contribution >= 4 is 29.0 Å². The van der Waals surface area contributed by atoms with E-state index in [0.717, 1.165) is 12.0 Å². The first-order valence-corrected chi connectivity index (χ1v) is 10.3. The number of carbonyl (C=O) groups excluding carboxylic acids is 2. The van der Waals surface area contributed by atoms with Gasteiger partial charge in [0.2, 0.25) is 6.17 Å². The van der Waals surface area contributed by atoms with Crippen LogP contribution in [0.3, 0.4) is 0 Å². The van der Waals surface area contributed by atoms with Crippen LogP contribution in [0, 0.1) is 5.82 Å². The lowest BCUT2D eigenvalue weighted by atomic mass is 10.00. The third-order valence-electron chi connectivity index (χ3n) is 5.36. The number of amides is 3. The molecule has 2 N–H and O–H groups in total. The lowest BCUT2D eigenvalue weighted by molar-refractivity contribution is -0.119. The maximum absolute atomic E-state index is 14.7. The van der Waals surface area contributed by atoms with Gasteiger partial charge in [0, 0.05) is 23.9 Å². The van der Waals surface area contributed by atoms with Crippen molar-refractivity contribution in [1.82, 2.24) is 5.32 Å². The Balaban J connectivity index is 1.68. The van der Waals surface area contributed by atoms with Gasteiger partial charge in [-0.05, 0) is 42.3 Å². The van der Waals surface area contributed by atoms with Crippen molar-refractivity contribution in [1.29, 1.82) is 0 Å². The van der Waals surface area contributed by atoms with E-state index in [1.807, 2.05) is 19.1 Å². The molecule has 7 heteroatoms. The van der Waals surface area contributed by atoms with Crippen molar-refractivity contribution in [3.05, 3.63) is 95.3 Å². The molecule has 32 heavy (non-hydrogen) atoms. The first kappa shape index (κ1) is 21.2. The van der Waals surface area contributed by atoms with Crippen LogP contribution in [-0.4, -0.2) is 30.9 Å². The summed E-state index contributed by atoms with van der Waals surface area (Å²) in [5.41, 5.74) is 3.48. The molecule has 1 atom stereocenters. The van der Waals surface area contributed by atoms with Crippen molar-refractivity contribution in [3.63, 3.8) is 0 Å². The SMILES string of the molecule is CCc1ccc(NC(=O)NC2N=C(c3ccccc3F)c3ccccc3N(C)C2=O)cc1. The molecule has 1 unspecified atom stereocenters. The van der Waals surface area contributed by atoms with Gasteiger partial charge in [-0.2, -0.15) is 0 Å². The van der Waals surface area contributed by atoms with E-state index in [9.17, 15) is 14.0 Å². The maximum Gasteiger partial charge on any atom is 0.321 e. The highest BCUT2D eigenvalue weighted by Crippen LogP contribution is 2.28. The molecule has 3 aromatic rings. The molecule has 1 aliphatic rings. The van der Waals surface area contributed by atoms with Crippen LogP contribution in [0.25, 0.3) is 0 Å². The number of carbonyl (C=O) groups is 2. The number of fused-ring (bicyclic) bond motifs is 1. The Morgan fingerprint density at radius 3 is 2.34 bits per heavy atom. The Morgan fingerprint density at radius 2 is 1.66 bits per heavy atom. The molecule has 1 aliphatic heterocycles. The number of anilines is 2. The minimum Gasteiger partial charge on any atom is -0.311 e. The molecule has 0 spiro atoms. The number of hydrogen-bond donors (Lipinski definition) is 2. The van der Waals surface area contributed by atoms with Crippen LogP contribution in [0.2, 0.25) is 0 Å². The van der Waals surface area contributed by atoms with Gasteiger partial charge in [0.1, 0.15) is 5.82 Å². The molecular weight excluding hydrogens is 407 g/mol. The predicted octanol–water partition coefficient (Wildman–Crippen LogP) is 4.35. The Kier molecular flexibility index (Phi) is 5.98. The average molecular weight is 430 g/mol. The number of nitrogens with one attached hydrogen (secondary N) is 2. The van der Waals surface area contributed by atoms with Gasteiger partial charge in [-0.25, -0.2) is 14.2 Å². The summed E-state index contributed by atoms with van der Waals surface area (Å²) >= 11 is 0. The van der Waals surface area contributed by atoms with E-state index in [2.05, 4.69) is 15.6 Å². The minimum absolute atomic E-state index is 0.255. The highest BCUT2D eigenvalue weighted by molar-refractivity contribution is 6.20. The van der Waals surface area contributed by atoms with E-state index in [0.29, 0.717) is 22.6 Å². The minimum atomic E-state index is -1.23. The van der Waals surface area contributed by atoms with Gasteiger partial charge in [0.15, 0.2) is 0 Å². The number of benzene rings is 3. The first-order valence-electron chi connectivity index (χ1n) is 10.3. The zero-order valence-corrected chi connectivity index (χ0v) is 17.8. The molecule has 162 valence electrons. The standard InChI is InChI=1S/C25H23FN4O2/c1-3-16-12-14-17(15-13-16)27-25(32)29-23-24(31)30(2)21-11-7-5-9-19(21)22(28-23)18-8-4-6-10-20(18)26/h4-15,23H,3H2,1-2H3,(H2,27,29,32). The zero-order chi connectivity index (χ0) is 22.7. The topological polar surface area (TPSA) is 73.8 Å². The van der Waals surface area contributed by atoms with E-state index in [-0.39, 0.29) is 5.56 Å². The maximum atomic E-state index is 14.7. The molecule has 3 amide bonds. The van der Waals surface area contributed by atoms with E-state index in [1.165, 1.54) is 11.0 Å². The summed E-state index contributed by atoms with van der Waals surface area (Å²) in [6, 6.07) is 20.2. The lowest BCUT2D eigenvalue weighted by Crippen LogP contribution is -2.47. The van der Waals surface area contributed by atoms with Gasteiger partial charge in [-0.15, -0.1) is 0 Å². The molecule has 0 saturated heterocycles. The average Bonchev–Trinajstić information content (AvgIpc) is 2.91. The molecule has 0 radical (unpaired) electrons. The second-order valence-corrected chi connectivity index (χ2v) is 7.42. The third kappa shape index (κ3) is 4.23. The van der Waals surface area contributed by atoms with Crippen LogP contribution in [0.4, 0.5) is 20.6 Å². The number of para-hydroxylation sites is 1. The normalized spacial score (nSPS) is 15.5. The number of nitrogens with zero attached hydrogens (tertiary/aromatic N) is 2. The van der Waals surface area contributed by atoms with Crippen LogP contribution in [0.1, 0.15) is 23.6 Å². The monoisotopic (exact) mass is 430 g/mol. The number of aryl methyl sites for hydroxylation is 1. The lowest BCUT2D eigenvalue weighted by Gasteiger charge is -2.21. The van der Waals surface area contributed by atoms with Crippen LogP contribution in [-0.2, 0) is 11.2 Å². The van der Waals surface area contributed by atoms with Gasteiger partial charge in [0.05, 0.1) is 11.4 Å². The summed E-state index contributed by atoms with van der Waals surface area (Å²) in [7, 11) is 1.61. The van der Waals surface area contributed by atoms with E-state index < -0.39 is 23.9 Å². The number of hydrogen-bond acceptors (Lipinski definition) is 3. The van der Waals surface area contributed by atoms with E-state index in [1.54, 1.807) is 61.6 Å². The molecule has 0 saturated carbocycles. The molecule has 0 aliphatic carbocycles. The molecule has 4 rings (SSSR count). The van der Waals surface area contributed by atoms with Crippen LogP contribution in [0.5, 0.6) is 0 Å². The molecule has 1 heterocycles. The van der Waals surface area contributed by atoms with Crippen molar-refractivity contribution in [2.75, 3.05) is 17.3 Å². The van der Waals surface area contributed by atoms with Crippen LogP contribution >= 0.6 is 0 Å². The van der Waals surface area contributed by atoms with Gasteiger partial charge < -0.3 is 15.5 Å². The number of urea groups is 1. The summed E-state index contributed by atoms with van der Waals surface area (Å²) in [6.45, 7) is 2.05. The predicted molar refractivity (Wildman–Crippen MR) is 124 cm³/mol. The van der Waals surface area contributed by atoms with Crippen LogP contribution in [0.15, 0.2) is 77.8 Å². The van der Waals surface area contributed by atoms with Crippen molar-refractivity contribution in [2.45, 2.75) is 19.5 Å². The Bertz CT molecular complexity index is 1190. The quantitative estimate of drug-likeness (QED) is 0.646.